The average Bonchev–Trinajstić information content (AvgIpc) is 2.61. The van der Waals surface area contributed by atoms with Gasteiger partial charge >= 0.3 is 11.9 Å². The van der Waals surface area contributed by atoms with Crippen LogP contribution in [0.15, 0.2) is 48.5 Å². The summed E-state index contributed by atoms with van der Waals surface area (Å²) in [7, 11) is 0. The first kappa shape index (κ1) is 20.6. The van der Waals surface area contributed by atoms with E-state index in [1.54, 1.807) is 0 Å². The molecule has 2 rings (SSSR count). The van der Waals surface area contributed by atoms with E-state index in [0.29, 0.717) is 6.42 Å². The first-order chi connectivity index (χ1) is 12.8. The zero-order valence-corrected chi connectivity index (χ0v) is 16.0. The van der Waals surface area contributed by atoms with E-state index in [1.807, 2.05) is 57.2 Å². The van der Waals surface area contributed by atoms with Crippen molar-refractivity contribution in [2.24, 2.45) is 5.92 Å². The molecule has 0 amide bonds. The lowest BCUT2D eigenvalue weighted by molar-refractivity contribution is -0.142. The van der Waals surface area contributed by atoms with Gasteiger partial charge in [0.15, 0.2) is 0 Å². The summed E-state index contributed by atoms with van der Waals surface area (Å²) < 4.78 is 0. The van der Waals surface area contributed by atoms with Crippen molar-refractivity contribution in [2.75, 3.05) is 0 Å². The molecule has 0 saturated carbocycles. The van der Waals surface area contributed by atoms with Gasteiger partial charge in [-0.1, -0.05) is 67.9 Å². The molecule has 27 heavy (non-hydrogen) atoms. The van der Waals surface area contributed by atoms with E-state index in [0.717, 1.165) is 16.7 Å². The summed E-state index contributed by atoms with van der Waals surface area (Å²) in [5, 5.41) is 21.6. The number of rotatable bonds is 9. The zero-order valence-electron chi connectivity index (χ0n) is 16.0. The van der Waals surface area contributed by atoms with Crippen LogP contribution in [0, 0.1) is 12.8 Å². The molecule has 0 saturated heterocycles. The molecule has 0 aliphatic heterocycles. The third kappa shape index (κ3) is 6.22. The fraction of sp³-hybridized carbons (Fsp3) is 0.364. The number of carbonyl (C=O) groups is 2. The van der Waals surface area contributed by atoms with Crippen LogP contribution in [0.2, 0.25) is 0 Å². The molecular weight excluding hydrogens is 342 g/mol. The molecule has 2 unspecified atom stereocenters. The van der Waals surface area contributed by atoms with Gasteiger partial charge in [0, 0.05) is 0 Å². The van der Waals surface area contributed by atoms with Gasteiger partial charge in [-0.25, -0.2) is 0 Å². The lowest BCUT2D eigenvalue weighted by Crippen LogP contribution is -2.48. The molecule has 0 radical (unpaired) electrons. The van der Waals surface area contributed by atoms with Crippen molar-refractivity contribution in [1.82, 2.24) is 5.32 Å². The fourth-order valence-corrected chi connectivity index (χ4v) is 2.99. The van der Waals surface area contributed by atoms with E-state index >= 15 is 0 Å². The molecule has 144 valence electrons. The van der Waals surface area contributed by atoms with Crippen molar-refractivity contribution >= 4 is 11.9 Å². The van der Waals surface area contributed by atoms with Gasteiger partial charge in [-0.05, 0) is 42.4 Å². The molecule has 5 nitrogen and oxygen atoms in total. The minimum atomic E-state index is -1.05. The highest BCUT2D eigenvalue weighted by Gasteiger charge is 2.26. The number of carboxylic acid groups (broad SMARTS) is 2. The highest BCUT2D eigenvalue weighted by molar-refractivity contribution is 5.77. The first-order valence-corrected chi connectivity index (χ1v) is 9.14. The van der Waals surface area contributed by atoms with Crippen molar-refractivity contribution in [2.45, 2.75) is 45.7 Å². The second kappa shape index (κ2) is 9.33. The predicted molar refractivity (Wildman–Crippen MR) is 106 cm³/mol. The largest absolute Gasteiger partial charge is 0.480 e. The number of carboxylic acids is 2. The Kier molecular flexibility index (Phi) is 7.13. The molecule has 3 N–H and O–H groups in total. The molecule has 5 heteroatoms. The van der Waals surface area contributed by atoms with Gasteiger partial charge in [0.2, 0.25) is 0 Å². The van der Waals surface area contributed by atoms with Gasteiger partial charge in [0.25, 0.3) is 0 Å². The minimum absolute atomic E-state index is 0.154. The van der Waals surface area contributed by atoms with Crippen LogP contribution in [0.1, 0.15) is 31.4 Å². The smallest absolute Gasteiger partial charge is 0.321 e. The quantitative estimate of drug-likeness (QED) is 0.627. The number of hydrogen-bond donors (Lipinski definition) is 3. The van der Waals surface area contributed by atoms with E-state index in [-0.39, 0.29) is 12.3 Å². The van der Waals surface area contributed by atoms with Crippen LogP contribution >= 0.6 is 0 Å². The van der Waals surface area contributed by atoms with Crippen molar-refractivity contribution in [3.05, 3.63) is 59.7 Å². The zero-order chi connectivity index (χ0) is 20.0. The van der Waals surface area contributed by atoms with Gasteiger partial charge in [-0.2, -0.15) is 0 Å². The topological polar surface area (TPSA) is 86.6 Å². The van der Waals surface area contributed by atoms with Crippen LogP contribution in [0.25, 0.3) is 11.1 Å². The van der Waals surface area contributed by atoms with Gasteiger partial charge in [-0.15, -0.1) is 0 Å². The Balaban J connectivity index is 2.10. The van der Waals surface area contributed by atoms with Crippen LogP contribution in [-0.2, 0) is 16.0 Å². The molecule has 0 aromatic heterocycles. The number of hydrogen-bond acceptors (Lipinski definition) is 3. The Bertz CT molecular complexity index is 766. The maximum Gasteiger partial charge on any atom is 0.321 e. The number of benzene rings is 2. The number of aliphatic carboxylic acids is 2. The van der Waals surface area contributed by atoms with E-state index < -0.39 is 24.0 Å². The lowest BCUT2D eigenvalue weighted by atomic mass is 9.98. The second-order valence-corrected chi connectivity index (χ2v) is 7.34. The van der Waals surface area contributed by atoms with Crippen molar-refractivity contribution in [3.8, 4) is 11.1 Å². The SMILES string of the molecule is Cc1ccc(-c2ccc(CC(NC(CC(C)C)C(=O)O)C(=O)O)cc2)cc1. The monoisotopic (exact) mass is 369 g/mol. The van der Waals surface area contributed by atoms with E-state index in [2.05, 4.69) is 17.4 Å². The summed E-state index contributed by atoms with van der Waals surface area (Å²) in [6.45, 7) is 5.87. The fourth-order valence-electron chi connectivity index (χ4n) is 2.99. The molecular formula is C22H27NO4. The molecule has 2 aromatic rings. The van der Waals surface area contributed by atoms with Gasteiger partial charge in [0.1, 0.15) is 12.1 Å². The third-order valence-corrected chi connectivity index (χ3v) is 4.48. The molecule has 0 aliphatic carbocycles. The van der Waals surface area contributed by atoms with E-state index in [4.69, 9.17) is 0 Å². The molecule has 0 aliphatic rings. The molecule has 0 bridgehead atoms. The Morgan fingerprint density at radius 3 is 1.78 bits per heavy atom. The molecule has 0 spiro atoms. The number of nitrogens with one attached hydrogen (secondary N) is 1. The van der Waals surface area contributed by atoms with Gasteiger partial charge < -0.3 is 10.2 Å². The molecule has 0 fully saturated rings. The van der Waals surface area contributed by atoms with Crippen LogP contribution in [-0.4, -0.2) is 34.2 Å². The Morgan fingerprint density at radius 1 is 0.852 bits per heavy atom. The van der Waals surface area contributed by atoms with Crippen LogP contribution in [0.5, 0.6) is 0 Å². The highest BCUT2D eigenvalue weighted by Crippen LogP contribution is 2.21. The Labute approximate surface area is 160 Å². The third-order valence-electron chi connectivity index (χ3n) is 4.48. The lowest BCUT2D eigenvalue weighted by Gasteiger charge is -2.22. The van der Waals surface area contributed by atoms with Crippen molar-refractivity contribution in [3.63, 3.8) is 0 Å². The normalized spacial score (nSPS) is 13.3. The Morgan fingerprint density at radius 2 is 1.33 bits per heavy atom. The maximum atomic E-state index is 11.6. The summed E-state index contributed by atoms with van der Waals surface area (Å²) in [4.78, 5) is 23.0. The van der Waals surface area contributed by atoms with Crippen molar-refractivity contribution in [1.29, 1.82) is 0 Å². The standard InChI is InChI=1S/C22H27NO4/c1-14(2)12-19(21(24)25)23-20(22(26)27)13-16-6-10-18(11-7-16)17-8-4-15(3)5-9-17/h4-11,14,19-20,23H,12-13H2,1-3H3,(H,24,25)(H,26,27). The van der Waals surface area contributed by atoms with Crippen molar-refractivity contribution < 1.29 is 19.8 Å². The molecule has 2 atom stereocenters. The minimum Gasteiger partial charge on any atom is -0.480 e. The molecule has 2 aromatic carbocycles. The second-order valence-electron chi connectivity index (χ2n) is 7.34. The summed E-state index contributed by atoms with van der Waals surface area (Å²) in [5.41, 5.74) is 4.20. The summed E-state index contributed by atoms with van der Waals surface area (Å²) in [5.74, 6) is -1.92. The summed E-state index contributed by atoms with van der Waals surface area (Å²) >= 11 is 0. The van der Waals surface area contributed by atoms with Crippen LogP contribution in [0.3, 0.4) is 0 Å². The van der Waals surface area contributed by atoms with Crippen LogP contribution in [0.4, 0.5) is 0 Å². The van der Waals surface area contributed by atoms with E-state index in [9.17, 15) is 19.8 Å². The first-order valence-electron chi connectivity index (χ1n) is 9.14. The van der Waals surface area contributed by atoms with E-state index in [1.165, 1.54) is 5.56 Å². The number of aryl methyl sites for hydroxylation is 1. The predicted octanol–water partition coefficient (Wildman–Crippen LogP) is 3.75. The summed E-state index contributed by atoms with van der Waals surface area (Å²) in [6, 6.07) is 14.1. The van der Waals surface area contributed by atoms with Gasteiger partial charge in [-0.3, -0.25) is 14.9 Å². The Hall–Kier alpha value is -2.66. The highest BCUT2D eigenvalue weighted by atomic mass is 16.4. The summed E-state index contributed by atoms with van der Waals surface area (Å²) in [6.07, 6.45) is 0.608. The van der Waals surface area contributed by atoms with Crippen LogP contribution < -0.4 is 5.32 Å². The average molecular weight is 369 g/mol. The van der Waals surface area contributed by atoms with Gasteiger partial charge in [0.05, 0.1) is 0 Å². The maximum absolute atomic E-state index is 11.6. The molecule has 0 heterocycles.